The van der Waals surface area contributed by atoms with E-state index in [9.17, 15) is 4.79 Å². The summed E-state index contributed by atoms with van der Waals surface area (Å²) in [6, 6.07) is 11.5. The van der Waals surface area contributed by atoms with Crippen molar-refractivity contribution in [2.75, 3.05) is 6.61 Å². The van der Waals surface area contributed by atoms with E-state index in [1.165, 1.54) is 6.42 Å². The van der Waals surface area contributed by atoms with Crippen LogP contribution in [0.4, 0.5) is 0 Å². The van der Waals surface area contributed by atoms with E-state index < -0.39 is 0 Å². The summed E-state index contributed by atoms with van der Waals surface area (Å²) >= 11 is 15.1. The number of thiocarbonyl (C=S) groups is 1. The molecule has 33 heavy (non-hydrogen) atoms. The highest BCUT2D eigenvalue weighted by molar-refractivity contribution is 9.10. The maximum Gasteiger partial charge on any atom is 0.276 e. The maximum absolute atomic E-state index is 13.1. The highest BCUT2D eigenvalue weighted by Gasteiger charge is 2.36. The normalized spacial score (nSPS) is 18.0. The fourth-order valence-electron chi connectivity index (χ4n) is 4.20. The van der Waals surface area contributed by atoms with Crippen LogP contribution in [0.1, 0.15) is 50.2 Å². The van der Waals surface area contributed by atoms with Crippen molar-refractivity contribution in [2.24, 2.45) is 0 Å². The molecule has 1 heterocycles. The second kappa shape index (κ2) is 10.9. The van der Waals surface area contributed by atoms with Crippen molar-refractivity contribution in [3.05, 3.63) is 62.7 Å². The van der Waals surface area contributed by atoms with E-state index >= 15 is 0 Å². The third kappa shape index (κ3) is 5.70. The van der Waals surface area contributed by atoms with E-state index in [2.05, 4.69) is 21.2 Å². The molecule has 1 aliphatic heterocycles. The van der Waals surface area contributed by atoms with Crippen LogP contribution in [-0.4, -0.2) is 28.6 Å². The van der Waals surface area contributed by atoms with E-state index in [0.29, 0.717) is 40.5 Å². The first-order chi connectivity index (χ1) is 16.0. The SMILES string of the molecule is CCOc1cc(/C=C2\NC(=S)N(C3CCCCC3)C2=O)cc(Br)c1OCc1ccc(Cl)cc1. The predicted octanol–water partition coefficient (Wildman–Crippen LogP) is 6.47. The summed E-state index contributed by atoms with van der Waals surface area (Å²) in [6.45, 7) is 2.78. The lowest BCUT2D eigenvalue weighted by Crippen LogP contribution is -2.41. The zero-order valence-corrected chi connectivity index (χ0v) is 21.6. The molecule has 5 nitrogen and oxygen atoms in total. The topological polar surface area (TPSA) is 50.8 Å². The Balaban J connectivity index is 1.55. The quantitative estimate of drug-likeness (QED) is 0.317. The molecule has 2 fully saturated rings. The minimum absolute atomic E-state index is 0.0657. The Labute approximate surface area is 213 Å². The molecule has 0 unspecified atom stereocenters. The number of benzene rings is 2. The van der Waals surface area contributed by atoms with Crippen LogP contribution in [0.25, 0.3) is 6.08 Å². The fourth-order valence-corrected chi connectivity index (χ4v) is 5.24. The van der Waals surface area contributed by atoms with Crippen LogP contribution in [0.3, 0.4) is 0 Å². The number of hydrogen-bond donors (Lipinski definition) is 1. The van der Waals surface area contributed by atoms with Gasteiger partial charge in [-0.2, -0.15) is 0 Å². The van der Waals surface area contributed by atoms with Gasteiger partial charge in [-0.05, 0) is 89.4 Å². The number of nitrogens with one attached hydrogen (secondary N) is 1. The minimum atomic E-state index is -0.0657. The summed E-state index contributed by atoms with van der Waals surface area (Å²) < 4.78 is 12.6. The molecule has 0 bridgehead atoms. The van der Waals surface area contributed by atoms with Crippen LogP contribution >= 0.6 is 39.7 Å². The predicted molar refractivity (Wildman–Crippen MR) is 139 cm³/mol. The van der Waals surface area contributed by atoms with E-state index in [1.54, 1.807) is 4.90 Å². The molecule has 174 valence electrons. The third-order valence-corrected chi connectivity index (χ3v) is 6.93. The van der Waals surface area contributed by atoms with Crippen molar-refractivity contribution in [1.82, 2.24) is 10.2 Å². The van der Waals surface area contributed by atoms with Gasteiger partial charge in [0.05, 0.1) is 11.1 Å². The molecule has 8 heteroatoms. The van der Waals surface area contributed by atoms with Gasteiger partial charge in [0.1, 0.15) is 12.3 Å². The molecule has 2 aliphatic rings. The second-order valence-corrected chi connectivity index (χ2v) is 9.81. The smallest absolute Gasteiger partial charge is 0.276 e. The molecule has 1 amide bonds. The molecule has 1 aliphatic carbocycles. The average molecular weight is 550 g/mol. The van der Waals surface area contributed by atoms with E-state index in [0.717, 1.165) is 41.3 Å². The number of carbonyl (C=O) groups is 1. The molecule has 1 N–H and O–H groups in total. The Kier molecular flexibility index (Phi) is 7.94. The van der Waals surface area contributed by atoms with Gasteiger partial charge in [-0.25, -0.2) is 0 Å². The van der Waals surface area contributed by atoms with Crippen LogP contribution in [-0.2, 0) is 11.4 Å². The minimum Gasteiger partial charge on any atom is -0.490 e. The zero-order chi connectivity index (χ0) is 23.4. The second-order valence-electron chi connectivity index (χ2n) is 8.13. The van der Waals surface area contributed by atoms with Crippen LogP contribution in [0.15, 0.2) is 46.6 Å². The maximum atomic E-state index is 13.1. The molecule has 1 saturated carbocycles. The number of carbonyl (C=O) groups excluding carboxylic acids is 1. The first kappa shape index (κ1) is 24.0. The highest BCUT2D eigenvalue weighted by atomic mass is 79.9. The van der Waals surface area contributed by atoms with Crippen LogP contribution in [0, 0.1) is 0 Å². The van der Waals surface area contributed by atoms with E-state index in [4.69, 9.17) is 33.3 Å². The van der Waals surface area contributed by atoms with Gasteiger partial charge in [-0.15, -0.1) is 0 Å². The van der Waals surface area contributed by atoms with Gasteiger partial charge in [0, 0.05) is 11.1 Å². The molecule has 2 aromatic carbocycles. The van der Waals surface area contributed by atoms with Crippen molar-refractivity contribution >= 4 is 56.8 Å². The lowest BCUT2D eigenvalue weighted by molar-refractivity contribution is -0.124. The van der Waals surface area contributed by atoms with Gasteiger partial charge in [0.15, 0.2) is 16.6 Å². The van der Waals surface area contributed by atoms with Gasteiger partial charge in [0.25, 0.3) is 5.91 Å². The van der Waals surface area contributed by atoms with Crippen LogP contribution in [0.5, 0.6) is 11.5 Å². The van der Waals surface area contributed by atoms with Crippen molar-refractivity contribution in [3.8, 4) is 11.5 Å². The number of rotatable bonds is 7. The molecular formula is C25H26BrClN2O3S. The third-order valence-electron chi connectivity index (χ3n) is 5.79. The largest absolute Gasteiger partial charge is 0.490 e. The van der Waals surface area contributed by atoms with Crippen LogP contribution in [0.2, 0.25) is 5.02 Å². The molecule has 2 aromatic rings. The molecule has 0 spiro atoms. The highest BCUT2D eigenvalue weighted by Crippen LogP contribution is 2.38. The lowest BCUT2D eigenvalue weighted by Gasteiger charge is -2.29. The zero-order valence-electron chi connectivity index (χ0n) is 18.4. The van der Waals surface area contributed by atoms with Crippen molar-refractivity contribution in [2.45, 2.75) is 51.7 Å². The summed E-state index contributed by atoms with van der Waals surface area (Å²) in [7, 11) is 0. The molecule has 4 rings (SSSR count). The number of amides is 1. The Morgan fingerprint density at radius 1 is 1.18 bits per heavy atom. The van der Waals surface area contributed by atoms with Gasteiger partial charge in [-0.1, -0.05) is 43.0 Å². The average Bonchev–Trinajstić information content (AvgIpc) is 3.08. The summed E-state index contributed by atoms with van der Waals surface area (Å²) in [6.07, 6.45) is 7.31. The Morgan fingerprint density at radius 3 is 2.61 bits per heavy atom. The number of hydrogen-bond acceptors (Lipinski definition) is 4. The monoisotopic (exact) mass is 548 g/mol. The molecular weight excluding hydrogens is 524 g/mol. The Hall–Kier alpha value is -2.09. The van der Waals surface area contributed by atoms with Gasteiger partial charge in [0.2, 0.25) is 0 Å². The summed E-state index contributed by atoms with van der Waals surface area (Å²) in [5.41, 5.74) is 2.29. The van der Waals surface area contributed by atoms with Gasteiger partial charge in [-0.3, -0.25) is 9.69 Å². The standard InChI is InChI=1S/C25H26BrClN2O3S/c1-2-31-22-14-17(12-20(26)23(22)32-15-16-8-10-18(27)11-9-16)13-21-24(30)29(25(33)28-21)19-6-4-3-5-7-19/h8-14,19H,2-7,15H2,1H3,(H,28,33)/b21-13-. The molecule has 1 saturated heterocycles. The van der Waals surface area contributed by atoms with E-state index in [1.807, 2.05) is 49.4 Å². The van der Waals surface area contributed by atoms with Gasteiger partial charge >= 0.3 is 0 Å². The first-order valence-corrected chi connectivity index (χ1v) is 12.7. The number of nitrogens with zero attached hydrogens (tertiary/aromatic N) is 1. The van der Waals surface area contributed by atoms with Crippen LogP contribution < -0.4 is 14.8 Å². The number of halogens is 2. The Bertz CT molecular complexity index is 1070. The Morgan fingerprint density at radius 2 is 1.91 bits per heavy atom. The lowest BCUT2D eigenvalue weighted by atomic mass is 9.94. The number of ether oxygens (including phenoxy) is 2. The van der Waals surface area contributed by atoms with Crippen molar-refractivity contribution < 1.29 is 14.3 Å². The summed E-state index contributed by atoms with van der Waals surface area (Å²) in [5, 5.41) is 4.28. The summed E-state index contributed by atoms with van der Waals surface area (Å²) in [4.78, 5) is 14.8. The molecule has 0 radical (unpaired) electrons. The van der Waals surface area contributed by atoms with E-state index in [-0.39, 0.29) is 11.9 Å². The fraction of sp³-hybridized carbons (Fsp3) is 0.360. The van der Waals surface area contributed by atoms with Crippen molar-refractivity contribution in [3.63, 3.8) is 0 Å². The van der Waals surface area contributed by atoms with Gasteiger partial charge < -0.3 is 14.8 Å². The van der Waals surface area contributed by atoms with Crippen molar-refractivity contribution in [1.29, 1.82) is 0 Å². The molecule has 0 aromatic heterocycles. The molecule has 0 atom stereocenters. The summed E-state index contributed by atoms with van der Waals surface area (Å²) in [5.74, 6) is 1.15. The first-order valence-electron chi connectivity index (χ1n) is 11.2.